The van der Waals surface area contributed by atoms with Crippen LogP contribution in [0, 0.1) is 17.0 Å². The van der Waals surface area contributed by atoms with Crippen molar-refractivity contribution in [2.45, 2.75) is 11.8 Å². The monoisotopic (exact) mass is 241 g/mol. The van der Waals surface area contributed by atoms with Crippen molar-refractivity contribution in [2.75, 3.05) is 0 Å². The first-order chi connectivity index (χ1) is 6.32. The molecule has 0 atom stereocenters. The molecule has 78 valence electrons. The van der Waals surface area contributed by atoms with Crippen LogP contribution in [0.5, 0.6) is 0 Å². The Hall–Kier alpha value is -0.470. The molecule has 0 spiro atoms. The number of nitro groups is 1. The summed E-state index contributed by atoms with van der Waals surface area (Å²) in [5.74, 6) is 0. The summed E-state index contributed by atoms with van der Waals surface area (Å²) in [6, 6.07) is 3.20. The molecular weight excluding hydrogens is 233 g/mol. The second-order valence-electron chi connectivity index (χ2n) is 2.68. The summed E-state index contributed by atoms with van der Waals surface area (Å²) in [4.78, 5) is 9.25. The van der Waals surface area contributed by atoms with Gasteiger partial charge in [0.25, 0.3) is 15.8 Å². The van der Waals surface area contributed by atoms with Gasteiger partial charge in [-0.15, -0.1) is 0 Å². The smallest absolute Gasteiger partial charge is 1.00 e. The Morgan fingerprint density at radius 1 is 1.47 bits per heavy atom. The normalized spacial score (nSPS) is 10.5. The molecule has 0 fully saturated rings. The molecular formula is C7H8NNaO5S. The van der Waals surface area contributed by atoms with Crippen LogP contribution in [0.25, 0.3) is 0 Å². The number of hydrogen-bond donors (Lipinski definition) is 1. The van der Waals surface area contributed by atoms with E-state index < -0.39 is 19.9 Å². The predicted molar refractivity (Wildman–Crippen MR) is 48.8 cm³/mol. The number of hydrogen-bond acceptors (Lipinski definition) is 4. The summed E-state index contributed by atoms with van der Waals surface area (Å²) in [6.07, 6.45) is 0. The van der Waals surface area contributed by atoms with Gasteiger partial charge in [-0.25, -0.2) is 0 Å². The Morgan fingerprint density at radius 2 is 2.00 bits per heavy atom. The summed E-state index contributed by atoms with van der Waals surface area (Å²) in [5.41, 5.74) is 0.00234. The van der Waals surface area contributed by atoms with Gasteiger partial charge in [0.05, 0.1) is 4.92 Å². The van der Waals surface area contributed by atoms with Crippen LogP contribution in [0.2, 0.25) is 0 Å². The van der Waals surface area contributed by atoms with Crippen molar-refractivity contribution in [1.29, 1.82) is 0 Å². The second kappa shape index (κ2) is 5.04. The third-order valence-corrected chi connectivity index (χ3v) is 2.52. The molecule has 0 saturated carbocycles. The fourth-order valence-corrected chi connectivity index (χ4v) is 1.45. The van der Waals surface area contributed by atoms with E-state index in [9.17, 15) is 18.5 Å². The first-order valence-corrected chi connectivity index (χ1v) is 4.99. The van der Waals surface area contributed by atoms with Gasteiger partial charge < -0.3 is 1.43 Å². The molecule has 6 nitrogen and oxygen atoms in total. The summed E-state index contributed by atoms with van der Waals surface area (Å²) in [5, 5.41) is 10.4. The van der Waals surface area contributed by atoms with Crippen LogP contribution >= 0.6 is 0 Å². The fraction of sp³-hybridized carbons (Fsp3) is 0.143. The number of benzene rings is 1. The Balaban J connectivity index is 0. The van der Waals surface area contributed by atoms with Crippen LogP contribution in [0.3, 0.4) is 0 Å². The van der Waals surface area contributed by atoms with Crippen molar-refractivity contribution in [3.8, 4) is 0 Å². The van der Waals surface area contributed by atoms with E-state index in [0.717, 1.165) is 12.1 Å². The molecule has 0 aliphatic heterocycles. The van der Waals surface area contributed by atoms with Gasteiger partial charge in [-0.2, -0.15) is 8.42 Å². The molecule has 15 heavy (non-hydrogen) atoms. The molecule has 0 amide bonds. The number of nitro benzene ring substituents is 1. The van der Waals surface area contributed by atoms with Crippen molar-refractivity contribution in [2.24, 2.45) is 0 Å². The minimum atomic E-state index is -4.38. The Labute approximate surface area is 110 Å². The molecule has 0 saturated heterocycles. The molecule has 1 N–H and O–H groups in total. The van der Waals surface area contributed by atoms with Crippen molar-refractivity contribution in [3.63, 3.8) is 0 Å². The van der Waals surface area contributed by atoms with Gasteiger partial charge in [0.15, 0.2) is 0 Å². The van der Waals surface area contributed by atoms with Crippen LogP contribution in [0.4, 0.5) is 5.69 Å². The number of nitrogens with zero attached hydrogens (tertiary/aromatic N) is 1. The van der Waals surface area contributed by atoms with Crippen LogP contribution < -0.4 is 29.6 Å². The standard InChI is InChI=1S/C7H7NO5S.Na.H/c1-5-2-3-6(14(11,12)13)4-7(5)8(9)10;;/h2-4H,1H3,(H,11,12,13);;/q;+1;-1. The summed E-state index contributed by atoms with van der Waals surface area (Å²) >= 11 is 0. The Morgan fingerprint density at radius 3 is 2.40 bits per heavy atom. The van der Waals surface area contributed by atoms with E-state index in [1.165, 1.54) is 13.0 Å². The maximum Gasteiger partial charge on any atom is 1.00 e. The average molecular weight is 241 g/mol. The van der Waals surface area contributed by atoms with Crippen molar-refractivity contribution in [1.82, 2.24) is 0 Å². The maximum absolute atomic E-state index is 10.7. The summed E-state index contributed by atoms with van der Waals surface area (Å²) < 4.78 is 29.9. The molecule has 1 aromatic rings. The summed E-state index contributed by atoms with van der Waals surface area (Å²) in [6.45, 7) is 1.48. The van der Waals surface area contributed by atoms with Gasteiger partial charge in [0.1, 0.15) is 4.90 Å². The number of aryl methyl sites for hydroxylation is 1. The zero-order valence-electron chi connectivity index (χ0n) is 9.17. The Kier molecular flexibility index (Phi) is 4.88. The van der Waals surface area contributed by atoms with Crippen LogP contribution in [0.15, 0.2) is 23.1 Å². The van der Waals surface area contributed by atoms with Gasteiger partial charge in [0.2, 0.25) is 0 Å². The maximum atomic E-state index is 10.7. The van der Waals surface area contributed by atoms with E-state index in [-0.39, 0.29) is 36.7 Å². The Bertz CT molecular complexity index is 490. The SMILES string of the molecule is Cc1ccc(S(=O)(=O)O)cc1[N+](=O)[O-].[H-].[Na+]. The van der Waals surface area contributed by atoms with Crippen molar-refractivity contribution < 1.29 is 48.9 Å². The fourth-order valence-electron chi connectivity index (χ4n) is 0.946. The number of rotatable bonds is 2. The molecule has 0 unspecified atom stereocenters. The van der Waals surface area contributed by atoms with Gasteiger partial charge in [-0.3, -0.25) is 14.7 Å². The topological polar surface area (TPSA) is 97.5 Å². The molecule has 0 radical (unpaired) electrons. The molecule has 1 rings (SSSR count). The molecule has 0 bridgehead atoms. The van der Waals surface area contributed by atoms with E-state index in [1.54, 1.807) is 0 Å². The molecule has 0 aliphatic rings. The van der Waals surface area contributed by atoms with Gasteiger partial charge in [-0.1, -0.05) is 6.07 Å². The molecule has 0 heterocycles. The first kappa shape index (κ1) is 14.5. The van der Waals surface area contributed by atoms with Crippen LogP contribution in [-0.2, 0) is 10.1 Å². The quantitative estimate of drug-likeness (QED) is 0.287. The minimum Gasteiger partial charge on any atom is -1.00 e. The first-order valence-electron chi connectivity index (χ1n) is 3.55. The van der Waals surface area contributed by atoms with E-state index in [0.29, 0.717) is 5.56 Å². The van der Waals surface area contributed by atoms with Crippen LogP contribution in [0.1, 0.15) is 6.99 Å². The average Bonchev–Trinajstić information content (AvgIpc) is 2.02. The van der Waals surface area contributed by atoms with E-state index in [2.05, 4.69) is 0 Å². The van der Waals surface area contributed by atoms with Crippen LogP contribution in [-0.4, -0.2) is 17.9 Å². The zero-order valence-corrected chi connectivity index (χ0v) is 11.0. The molecule has 0 aliphatic carbocycles. The van der Waals surface area contributed by atoms with E-state index >= 15 is 0 Å². The molecule has 1 aromatic carbocycles. The van der Waals surface area contributed by atoms with Crippen molar-refractivity contribution in [3.05, 3.63) is 33.9 Å². The zero-order chi connectivity index (χ0) is 10.9. The minimum absolute atomic E-state index is 0. The summed E-state index contributed by atoms with van der Waals surface area (Å²) in [7, 11) is -4.38. The van der Waals surface area contributed by atoms with Gasteiger partial charge in [0, 0.05) is 11.6 Å². The van der Waals surface area contributed by atoms with Gasteiger partial charge in [-0.05, 0) is 13.0 Å². The molecule has 0 aromatic heterocycles. The van der Waals surface area contributed by atoms with Gasteiger partial charge >= 0.3 is 29.6 Å². The van der Waals surface area contributed by atoms with E-state index in [4.69, 9.17) is 4.55 Å². The largest absolute Gasteiger partial charge is 1.00 e. The third-order valence-electron chi connectivity index (χ3n) is 1.68. The third kappa shape index (κ3) is 3.54. The van der Waals surface area contributed by atoms with Crippen molar-refractivity contribution >= 4 is 15.8 Å². The van der Waals surface area contributed by atoms with E-state index in [1.807, 2.05) is 0 Å². The predicted octanol–water partition coefficient (Wildman–Crippen LogP) is -1.73. The molecule has 8 heteroatoms. The second-order valence-corrected chi connectivity index (χ2v) is 4.10.